The Morgan fingerprint density at radius 3 is 2.64 bits per heavy atom. The maximum Gasteiger partial charge on any atom is 0.175 e. The molecule has 3 rings (SSSR count). The van der Waals surface area contributed by atoms with Crippen molar-refractivity contribution in [1.82, 2.24) is 9.97 Å². The average Bonchev–Trinajstić information content (AvgIpc) is 2.56. The number of anilines is 1. The van der Waals surface area contributed by atoms with Crippen molar-refractivity contribution in [2.24, 2.45) is 0 Å². The van der Waals surface area contributed by atoms with Crippen molar-refractivity contribution >= 4 is 26.6 Å². The summed E-state index contributed by atoms with van der Waals surface area (Å²) in [4.78, 5) is 8.60. The second-order valence-corrected chi connectivity index (χ2v) is 8.03. The monoisotopic (exact) mass is 359 g/mol. The minimum absolute atomic E-state index is 0.100. The molecular weight excluding hydrogens is 341 g/mol. The number of aromatic nitrogens is 2. The summed E-state index contributed by atoms with van der Waals surface area (Å²) in [7, 11) is -3.33. The highest BCUT2D eigenvalue weighted by Gasteiger charge is 2.13. The van der Waals surface area contributed by atoms with E-state index in [4.69, 9.17) is 0 Å². The first kappa shape index (κ1) is 17.3. The maximum atomic E-state index is 13.8. The fraction of sp³-hybridized carbons (Fsp3) is 0.222. The third-order valence-corrected chi connectivity index (χ3v) is 5.01. The summed E-state index contributed by atoms with van der Waals surface area (Å²) in [6.07, 6.45) is 3.05. The Hall–Kier alpha value is -2.54. The summed E-state index contributed by atoms with van der Waals surface area (Å²) in [6, 6.07) is 11.3. The molecule has 1 N–H and O–H groups in total. The molecule has 0 aliphatic carbocycles. The third kappa shape index (κ3) is 3.93. The predicted molar refractivity (Wildman–Crippen MR) is 95.8 cm³/mol. The second kappa shape index (κ2) is 6.76. The summed E-state index contributed by atoms with van der Waals surface area (Å²) in [5, 5.41) is 3.84. The molecule has 1 unspecified atom stereocenters. The Balaban J connectivity index is 1.91. The number of fused-ring (bicyclic) bond motifs is 1. The number of benzene rings is 2. The number of sulfone groups is 1. The Labute approximate surface area is 145 Å². The van der Waals surface area contributed by atoms with Crippen LogP contribution in [0.15, 0.2) is 53.7 Å². The van der Waals surface area contributed by atoms with Gasteiger partial charge in [0.15, 0.2) is 9.84 Å². The standard InChI is InChI=1S/C18H18FN3O2S/c1-12(9-13-5-3-4-6-16(13)19)22-18-15-10-14(25(2,23)24)7-8-17(15)20-11-21-18/h3-8,10-12H,9H2,1-2H3,(H,20,21,22). The van der Waals surface area contributed by atoms with E-state index in [-0.39, 0.29) is 16.8 Å². The average molecular weight is 359 g/mol. The first-order valence-electron chi connectivity index (χ1n) is 7.79. The summed E-state index contributed by atoms with van der Waals surface area (Å²) in [6.45, 7) is 1.92. The Morgan fingerprint density at radius 2 is 1.92 bits per heavy atom. The quantitative estimate of drug-likeness (QED) is 0.757. The van der Waals surface area contributed by atoms with Crippen molar-refractivity contribution in [3.63, 3.8) is 0 Å². The van der Waals surface area contributed by atoms with E-state index in [0.717, 1.165) is 6.26 Å². The van der Waals surface area contributed by atoms with Gasteiger partial charge >= 0.3 is 0 Å². The zero-order chi connectivity index (χ0) is 18.0. The van der Waals surface area contributed by atoms with Gasteiger partial charge in [0.1, 0.15) is 18.0 Å². The van der Waals surface area contributed by atoms with Crippen molar-refractivity contribution in [1.29, 1.82) is 0 Å². The fourth-order valence-electron chi connectivity index (χ4n) is 2.66. The molecule has 0 bridgehead atoms. The third-order valence-electron chi connectivity index (χ3n) is 3.90. The molecule has 0 fully saturated rings. The van der Waals surface area contributed by atoms with Crippen LogP contribution in [0.3, 0.4) is 0 Å². The van der Waals surface area contributed by atoms with Crippen molar-refractivity contribution < 1.29 is 12.8 Å². The molecule has 130 valence electrons. The Kier molecular flexibility index (Phi) is 4.67. The molecule has 0 saturated carbocycles. The van der Waals surface area contributed by atoms with Crippen molar-refractivity contribution in [3.05, 3.63) is 60.2 Å². The van der Waals surface area contributed by atoms with E-state index >= 15 is 0 Å². The van der Waals surface area contributed by atoms with E-state index in [0.29, 0.717) is 28.7 Å². The van der Waals surface area contributed by atoms with Crippen LogP contribution in [0, 0.1) is 5.82 Å². The van der Waals surface area contributed by atoms with E-state index in [1.54, 1.807) is 30.3 Å². The lowest BCUT2D eigenvalue weighted by Gasteiger charge is -2.16. The smallest absolute Gasteiger partial charge is 0.175 e. The molecule has 0 radical (unpaired) electrons. The highest BCUT2D eigenvalue weighted by molar-refractivity contribution is 7.90. The summed E-state index contributed by atoms with van der Waals surface area (Å²) in [5.74, 6) is 0.280. The molecule has 1 atom stereocenters. The molecule has 0 saturated heterocycles. The van der Waals surface area contributed by atoms with Crippen LogP contribution in [0.2, 0.25) is 0 Å². The summed E-state index contributed by atoms with van der Waals surface area (Å²) < 4.78 is 37.4. The van der Waals surface area contributed by atoms with E-state index in [1.165, 1.54) is 18.5 Å². The van der Waals surface area contributed by atoms with Crippen LogP contribution in [0.5, 0.6) is 0 Å². The van der Waals surface area contributed by atoms with E-state index in [1.807, 2.05) is 6.92 Å². The SMILES string of the molecule is CC(Cc1ccccc1F)Nc1ncnc2ccc(S(C)(=O)=O)cc12. The highest BCUT2D eigenvalue weighted by atomic mass is 32.2. The van der Waals surface area contributed by atoms with Gasteiger partial charge in [-0.25, -0.2) is 22.8 Å². The molecule has 3 aromatic rings. The van der Waals surface area contributed by atoms with Gasteiger partial charge < -0.3 is 5.32 Å². The first-order valence-corrected chi connectivity index (χ1v) is 9.68. The van der Waals surface area contributed by atoms with Gasteiger partial charge in [0.05, 0.1) is 10.4 Å². The molecule has 0 amide bonds. The van der Waals surface area contributed by atoms with Crippen LogP contribution < -0.4 is 5.32 Å². The molecule has 0 aliphatic rings. The van der Waals surface area contributed by atoms with Gasteiger partial charge in [-0.05, 0) is 43.2 Å². The number of halogens is 1. The van der Waals surface area contributed by atoms with E-state index in [2.05, 4.69) is 15.3 Å². The lowest BCUT2D eigenvalue weighted by molar-refractivity contribution is 0.600. The molecule has 7 heteroatoms. The largest absolute Gasteiger partial charge is 0.367 e. The van der Waals surface area contributed by atoms with E-state index < -0.39 is 9.84 Å². The van der Waals surface area contributed by atoms with Crippen LogP contribution in [-0.2, 0) is 16.3 Å². The topological polar surface area (TPSA) is 72.0 Å². The normalized spacial score (nSPS) is 12.9. The van der Waals surface area contributed by atoms with Gasteiger partial charge in [0, 0.05) is 17.7 Å². The summed E-state index contributed by atoms with van der Waals surface area (Å²) >= 11 is 0. The first-order chi connectivity index (χ1) is 11.8. The lowest BCUT2D eigenvalue weighted by atomic mass is 10.1. The minimum Gasteiger partial charge on any atom is -0.367 e. The molecule has 2 aromatic carbocycles. The predicted octanol–water partition coefficient (Wildman–Crippen LogP) is 3.22. The van der Waals surface area contributed by atoms with Crippen LogP contribution in [-0.4, -0.2) is 30.7 Å². The van der Waals surface area contributed by atoms with Crippen molar-refractivity contribution in [3.8, 4) is 0 Å². The maximum absolute atomic E-state index is 13.8. The number of nitrogens with zero attached hydrogens (tertiary/aromatic N) is 2. The van der Waals surface area contributed by atoms with Crippen LogP contribution in [0.1, 0.15) is 12.5 Å². The molecule has 5 nitrogen and oxygen atoms in total. The minimum atomic E-state index is -3.33. The molecule has 25 heavy (non-hydrogen) atoms. The van der Waals surface area contributed by atoms with Crippen LogP contribution >= 0.6 is 0 Å². The zero-order valence-corrected chi connectivity index (χ0v) is 14.7. The van der Waals surface area contributed by atoms with Gasteiger partial charge in [-0.15, -0.1) is 0 Å². The van der Waals surface area contributed by atoms with Crippen molar-refractivity contribution in [2.45, 2.75) is 24.3 Å². The van der Waals surface area contributed by atoms with Gasteiger partial charge in [-0.3, -0.25) is 0 Å². The summed E-state index contributed by atoms with van der Waals surface area (Å²) in [5.41, 5.74) is 1.25. The van der Waals surface area contributed by atoms with Gasteiger partial charge in [0.25, 0.3) is 0 Å². The Morgan fingerprint density at radius 1 is 1.16 bits per heavy atom. The number of hydrogen-bond acceptors (Lipinski definition) is 5. The van der Waals surface area contributed by atoms with Crippen LogP contribution in [0.25, 0.3) is 10.9 Å². The van der Waals surface area contributed by atoms with Gasteiger partial charge in [0.2, 0.25) is 0 Å². The lowest BCUT2D eigenvalue weighted by Crippen LogP contribution is -2.19. The number of hydrogen-bond donors (Lipinski definition) is 1. The van der Waals surface area contributed by atoms with Crippen molar-refractivity contribution in [2.75, 3.05) is 11.6 Å². The molecule has 0 spiro atoms. The van der Waals surface area contributed by atoms with Gasteiger partial charge in [-0.1, -0.05) is 18.2 Å². The fourth-order valence-corrected chi connectivity index (χ4v) is 3.31. The molecule has 1 aromatic heterocycles. The zero-order valence-electron chi connectivity index (χ0n) is 13.9. The molecule has 1 heterocycles. The highest BCUT2D eigenvalue weighted by Crippen LogP contribution is 2.24. The molecular formula is C18H18FN3O2S. The molecule has 0 aliphatic heterocycles. The van der Waals surface area contributed by atoms with E-state index in [9.17, 15) is 12.8 Å². The number of nitrogens with one attached hydrogen (secondary N) is 1. The van der Waals surface area contributed by atoms with Crippen LogP contribution in [0.4, 0.5) is 10.2 Å². The van der Waals surface area contributed by atoms with Gasteiger partial charge in [-0.2, -0.15) is 0 Å². The second-order valence-electron chi connectivity index (χ2n) is 6.01. The Bertz CT molecular complexity index is 1020. The number of rotatable bonds is 5.